The van der Waals surface area contributed by atoms with E-state index < -0.39 is 11.7 Å². The molecule has 13 heavy (non-hydrogen) atoms. The highest BCUT2D eigenvalue weighted by Gasteiger charge is 2.10. The van der Waals surface area contributed by atoms with E-state index in [0.717, 1.165) is 0 Å². The van der Waals surface area contributed by atoms with E-state index in [1.165, 1.54) is 0 Å². The molecule has 0 aliphatic carbocycles. The number of ether oxygens (including phenoxy) is 1. The van der Waals surface area contributed by atoms with Gasteiger partial charge in [-0.3, -0.25) is 5.32 Å². The lowest BCUT2D eigenvalue weighted by molar-refractivity contribution is 0.0655. The largest absolute Gasteiger partial charge is 0.465 e. The van der Waals surface area contributed by atoms with Gasteiger partial charge in [-0.1, -0.05) is 12.7 Å². The van der Waals surface area contributed by atoms with Crippen LogP contribution < -0.4 is 5.32 Å². The van der Waals surface area contributed by atoms with Gasteiger partial charge in [0.05, 0.1) is 5.60 Å². The molecule has 0 atom stereocenters. The van der Waals surface area contributed by atoms with E-state index in [0.29, 0.717) is 5.70 Å². The molecule has 0 saturated carbocycles. The monoisotopic (exact) mass is 185 g/mol. The number of amides is 1. The van der Waals surface area contributed by atoms with Gasteiger partial charge in [0.1, 0.15) is 0 Å². The molecule has 0 bridgehead atoms. The Morgan fingerprint density at radius 2 is 2.15 bits per heavy atom. The number of methoxy groups -OCH3 is 1. The molecule has 0 saturated heterocycles. The molecule has 0 spiro atoms. The van der Waals surface area contributed by atoms with E-state index in [1.807, 2.05) is 13.8 Å². The zero-order chi connectivity index (χ0) is 10.5. The minimum absolute atomic E-state index is 0.317. The first-order chi connectivity index (χ1) is 5.87. The first-order valence-corrected chi connectivity index (χ1v) is 3.80. The van der Waals surface area contributed by atoms with Crippen molar-refractivity contribution in [2.75, 3.05) is 7.11 Å². The molecule has 0 radical (unpaired) electrons. The molecule has 0 aromatic heterocycles. The molecule has 0 aromatic rings. The number of carboxylic acid groups (broad SMARTS) is 1. The standard InChI is InChI=1S/C9H15NO3/c1-7(10-8(11)12)5-6-9(2,3)13-4/h5-6,10H,1H2,2-4H3,(H,11,12)/b6-5-. The third-order valence-electron chi connectivity index (χ3n) is 1.48. The molecule has 0 fully saturated rings. The lowest BCUT2D eigenvalue weighted by Crippen LogP contribution is -2.21. The third kappa shape index (κ3) is 5.93. The van der Waals surface area contributed by atoms with Gasteiger partial charge in [0.25, 0.3) is 0 Å². The van der Waals surface area contributed by atoms with Crippen molar-refractivity contribution in [2.45, 2.75) is 19.4 Å². The Balaban J connectivity index is 4.12. The van der Waals surface area contributed by atoms with Gasteiger partial charge in [-0.25, -0.2) is 4.79 Å². The maximum Gasteiger partial charge on any atom is 0.409 e. The van der Waals surface area contributed by atoms with Crippen LogP contribution in [0.4, 0.5) is 4.79 Å². The topological polar surface area (TPSA) is 58.6 Å². The van der Waals surface area contributed by atoms with Crippen molar-refractivity contribution < 1.29 is 14.6 Å². The fourth-order valence-corrected chi connectivity index (χ4v) is 0.548. The second-order valence-electron chi connectivity index (χ2n) is 3.10. The molecule has 2 N–H and O–H groups in total. The van der Waals surface area contributed by atoms with Crippen LogP contribution in [0.5, 0.6) is 0 Å². The minimum Gasteiger partial charge on any atom is -0.465 e. The Morgan fingerprint density at radius 3 is 2.54 bits per heavy atom. The van der Waals surface area contributed by atoms with E-state index in [-0.39, 0.29) is 0 Å². The van der Waals surface area contributed by atoms with Crippen LogP contribution in [0.15, 0.2) is 24.4 Å². The van der Waals surface area contributed by atoms with Gasteiger partial charge in [-0.2, -0.15) is 0 Å². The van der Waals surface area contributed by atoms with Crippen molar-refractivity contribution in [1.82, 2.24) is 5.32 Å². The van der Waals surface area contributed by atoms with Gasteiger partial charge < -0.3 is 9.84 Å². The summed E-state index contributed by atoms with van der Waals surface area (Å²) < 4.78 is 5.09. The van der Waals surface area contributed by atoms with E-state index in [4.69, 9.17) is 9.84 Å². The molecule has 0 rings (SSSR count). The lowest BCUT2D eigenvalue weighted by Gasteiger charge is -2.17. The van der Waals surface area contributed by atoms with Crippen LogP contribution in [0, 0.1) is 0 Å². The highest BCUT2D eigenvalue weighted by atomic mass is 16.5. The molecule has 0 aliphatic rings. The van der Waals surface area contributed by atoms with Crippen LogP contribution in [0.25, 0.3) is 0 Å². The maximum atomic E-state index is 10.2. The summed E-state index contributed by atoms with van der Waals surface area (Å²) >= 11 is 0. The number of allylic oxidation sites excluding steroid dienone is 1. The molecule has 0 aromatic carbocycles. The third-order valence-corrected chi connectivity index (χ3v) is 1.48. The molecule has 0 unspecified atom stereocenters. The van der Waals surface area contributed by atoms with Gasteiger partial charge in [0, 0.05) is 12.8 Å². The van der Waals surface area contributed by atoms with Crippen molar-refractivity contribution in [3.8, 4) is 0 Å². The molecule has 0 aliphatic heterocycles. The van der Waals surface area contributed by atoms with E-state index in [1.54, 1.807) is 19.3 Å². The molecule has 4 nitrogen and oxygen atoms in total. The SMILES string of the molecule is C=C(/C=C\C(C)(C)OC)NC(=O)O. The Bertz CT molecular complexity index is 231. The molecule has 0 heterocycles. The fourth-order valence-electron chi connectivity index (χ4n) is 0.548. The van der Waals surface area contributed by atoms with Crippen LogP contribution in [0.2, 0.25) is 0 Å². The summed E-state index contributed by atoms with van der Waals surface area (Å²) in [6.45, 7) is 7.22. The average Bonchev–Trinajstić information content (AvgIpc) is 2.00. The predicted octanol–water partition coefficient (Wildman–Crippen LogP) is 1.75. The van der Waals surface area contributed by atoms with E-state index in [2.05, 4.69) is 11.9 Å². The molecular formula is C9H15NO3. The fraction of sp³-hybridized carbons (Fsp3) is 0.444. The maximum absolute atomic E-state index is 10.2. The van der Waals surface area contributed by atoms with Gasteiger partial charge in [-0.15, -0.1) is 0 Å². The van der Waals surface area contributed by atoms with Crippen molar-refractivity contribution in [3.63, 3.8) is 0 Å². The number of hydrogen-bond acceptors (Lipinski definition) is 2. The highest BCUT2D eigenvalue weighted by Crippen LogP contribution is 2.09. The molecule has 74 valence electrons. The second kappa shape index (κ2) is 4.67. The summed E-state index contributed by atoms with van der Waals surface area (Å²) in [7, 11) is 1.58. The van der Waals surface area contributed by atoms with Gasteiger partial charge >= 0.3 is 6.09 Å². The van der Waals surface area contributed by atoms with Crippen molar-refractivity contribution in [3.05, 3.63) is 24.4 Å². The van der Waals surface area contributed by atoms with Crippen LogP contribution in [0.1, 0.15) is 13.8 Å². The molecule has 1 amide bonds. The second-order valence-corrected chi connectivity index (χ2v) is 3.10. The summed E-state index contributed by atoms with van der Waals surface area (Å²) in [5, 5.41) is 10.5. The van der Waals surface area contributed by atoms with E-state index in [9.17, 15) is 4.79 Å². The minimum atomic E-state index is -1.12. The number of rotatable bonds is 4. The van der Waals surface area contributed by atoms with Crippen LogP contribution >= 0.6 is 0 Å². The van der Waals surface area contributed by atoms with Gasteiger partial charge in [0.15, 0.2) is 0 Å². The summed E-state index contributed by atoms with van der Waals surface area (Å²) in [6, 6.07) is 0. The number of hydrogen-bond donors (Lipinski definition) is 2. The summed E-state index contributed by atoms with van der Waals surface area (Å²) in [6.07, 6.45) is 2.17. The number of carbonyl (C=O) groups is 1. The highest BCUT2D eigenvalue weighted by molar-refractivity contribution is 5.67. The van der Waals surface area contributed by atoms with E-state index >= 15 is 0 Å². The average molecular weight is 185 g/mol. The smallest absolute Gasteiger partial charge is 0.409 e. The summed E-state index contributed by atoms with van der Waals surface area (Å²) in [4.78, 5) is 10.2. The zero-order valence-corrected chi connectivity index (χ0v) is 8.13. The van der Waals surface area contributed by atoms with Crippen LogP contribution in [0.3, 0.4) is 0 Å². The zero-order valence-electron chi connectivity index (χ0n) is 8.13. The number of nitrogens with one attached hydrogen (secondary N) is 1. The van der Waals surface area contributed by atoms with Gasteiger partial charge in [0.2, 0.25) is 0 Å². The summed E-state index contributed by atoms with van der Waals surface area (Å²) in [5.41, 5.74) is -0.0963. The Morgan fingerprint density at radius 1 is 1.62 bits per heavy atom. The molecule has 4 heteroatoms. The lowest BCUT2D eigenvalue weighted by atomic mass is 10.1. The Kier molecular flexibility index (Phi) is 4.20. The Labute approximate surface area is 77.9 Å². The van der Waals surface area contributed by atoms with Crippen molar-refractivity contribution >= 4 is 6.09 Å². The van der Waals surface area contributed by atoms with Crippen molar-refractivity contribution in [1.29, 1.82) is 0 Å². The first kappa shape index (κ1) is 11.7. The Hall–Kier alpha value is -1.29. The van der Waals surface area contributed by atoms with Crippen LogP contribution in [-0.4, -0.2) is 23.9 Å². The quantitative estimate of drug-likeness (QED) is 0.656. The van der Waals surface area contributed by atoms with Gasteiger partial charge in [-0.05, 0) is 19.9 Å². The predicted molar refractivity (Wildman–Crippen MR) is 50.5 cm³/mol. The first-order valence-electron chi connectivity index (χ1n) is 3.80. The van der Waals surface area contributed by atoms with Crippen LogP contribution in [-0.2, 0) is 4.74 Å². The normalized spacial score (nSPS) is 11.6. The summed E-state index contributed by atoms with van der Waals surface area (Å²) in [5.74, 6) is 0. The van der Waals surface area contributed by atoms with Crippen molar-refractivity contribution in [2.24, 2.45) is 0 Å². The molecular weight excluding hydrogens is 170 g/mol.